The monoisotopic (exact) mass is 458 g/mol. The lowest BCUT2D eigenvalue weighted by molar-refractivity contribution is -0.141. The highest BCUT2D eigenvalue weighted by molar-refractivity contribution is 6.09. The van der Waals surface area contributed by atoms with Crippen molar-refractivity contribution in [3.8, 4) is 5.75 Å². The number of aromatic nitrogens is 5. The van der Waals surface area contributed by atoms with E-state index < -0.39 is 17.8 Å². The second-order valence-corrected chi connectivity index (χ2v) is 8.10. The molecule has 1 fully saturated rings. The number of benzene rings is 1. The van der Waals surface area contributed by atoms with Gasteiger partial charge >= 0.3 is 6.18 Å². The van der Waals surface area contributed by atoms with Crippen LogP contribution in [0.15, 0.2) is 36.8 Å². The zero-order valence-electron chi connectivity index (χ0n) is 17.8. The lowest BCUT2D eigenvalue weighted by Gasteiger charge is -2.21. The van der Waals surface area contributed by atoms with E-state index in [1.165, 1.54) is 32.6 Å². The Morgan fingerprint density at radius 2 is 2.00 bits per heavy atom. The van der Waals surface area contributed by atoms with E-state index in [9.17, 15) is 18.0 Å². The van der Waals surface area contributed by atoms with Gasteiger partial charge in [0.25, 0.3) is 5.91 Å². The Morgan fingerprint density at radius 1 is 1.21 bits per heavy atom. The smallest absolute Gasteiger partial charge is 0.433 e. The van der Waals surface area contributed by atoms with Crippen molar-refractivity contribution in [2.45, 2.75) is 44.3 Å². The summed E-state index contributed by atoms with van der Waals surface area (Å²) in [5.74, 6) is -0.251. The number of carbonyl (C=O) groups is 1. The van der Waals surface area contributed by atoms with Gasteiger partial charge in [0, 0.05) is 23.8 Å². The summed E-state index contributed by atoms with van der Waals surface area (Å²) >= 11 is 0. The van der Waals surface area contributed by atoms with E-state index >= 15 is 0 Å². The van der Waals surface area contributed by atoms with E-state index in [4.69, 9.17) is 4.74 Å². The summed E-state index contributed by atoms with van der Waals surface area (Å²) in [6.07, 6.45) is 5.37. The number of nitrogens with one attached hydrogen (secondary N) is 1. The van der Waals surface area contributed by atoms with Gasteiger partial charge in [0.05, 0.1) is 30.6 Å². The predicted octanol–water partition coefficient (Wildman–Crippen LogP) is 4.86. The van der Waals surface area contributed by atoms with Crippen molar-refractivity contribution in [1.29, 1.82) is 0 Å². The summed E-state index contributed by atoms with van der Waals surface area (Å²) in [6, 6.07) is 4.64. The third kappa shape index (κ3) is 3.98. The topological polar surface area (TPSA) is 86.3 Å². The lowest BCUT2D eigenvalue weighted by Crippen LogP contribution is -2.14. The zero-order chi connectivity index (χ0) is 23.2. The Hall–Kier alpha value is -3.63. The summed E-state index contributed by atoms with van der Waals surface area (Å²) in [4.78, 5) is 16.5. The van der Waals surface area contributed by atoms with E-state index in [0.29, 0.717) is 17.5 Å². The molecule has 172 valence electrons. The number of rotatable bonds is 4. The number of methoxy groups -OCH3 is 1. The molecule has 1 aliphatic carbocycles. The van der Waals surface area contributed by atoms with Gasteiger partial charge in [-0.25, -0.2) is 9.50 Å². The Labute approximate surface area is 186 Å². The number of hydrogen-bond acceptors (Lipinski definition) is 5. The van der Waals surface area contributed by atoms with E-state index in [1.807, 2.05) is 10.9 Å². The number of hydrogen-bond donors (Lipinski definition) is 1. The maximum atomic E-state index is 13.1. The zero-order valence-corrected chi connectivity index (χ0v) is 17.8. The molecule has 4 aromatic rings. The molecule has 5 rings (SSSR count). The fraction of sp³-hybridized carbons (Fsp3) is 0.364. The van der Waals surface area contributed by atoms with Crippen molar-refractivity contribution < 1.29 is 22.7 Å². The van der Waals surface area contributed by atoms with Gasteiger partial charge in [-0.05, 0) is 25.0 Å². The molecule has 33 heavy (non-hydrogen) atoms. The van der Waals surface area contributed by atoms with Gasteiger partial charge in [-0.1, -0.05) is 19.3 Å². The summed E-state index contributed by atoms with van der Waals surface area (Å²) in [6.45, 7) is 0. The largest absolute Gasteiger partial charge is 0.494 e. The van der Waals surface area contributed by atoms with Gasteiger partial charge in [-0.2, -0.15) is 23.4 Å². The van der Waals surface area contributed by atoms with Crippen LogP contribution in [0, 0.1) is 0 Å². The van der Waals surface area contributed by atoms with E-state index in [2.05, 4.69) is 20.5 Å². The minimum Gasteiger partial charge on any atom is -0.494 e. The van der Waals surface area contributed by atoms with Gasteiger partial charge in [0.1, 0.15) is 17.0 Å². The summed E-state index contributed by atoms with van der Waals surface area (Å²) < 4.78 is 47.7. The second-order valence-electron chi connectivity index (χ2n) is 8.10. The third-order valence-corrected chi connectivity index (χ3v) is 5.94. The first kappa shape index (κ1) is 21.2. The molecule has 1 saturated carbocycles. The number of nitrogens with zero attached hydrogens (tertiary/aromatic N) is 5. The Morgan fingerprint density at radius 3 is 2.73 bits per heavy atom. The number of ether oxygens (including phenoxy) is 1. The van der Waals surface area contributed by atoms with Gasteiger partial charge < -0.3 is 10.1 Å². The van der Waals surface area contributed by atoms with Crippen LogP contribution < -0.4 is 10.1 Å². The second kappa shape index (κ2) is 8.05. The molecule has 0 spiro atoms. The van der Waals surface area contributed by atoms with Crippen molar-refractivity contribution in [3.05, 3.63) is 48.0 Å². The predicted molar refractivity (Wildman–Crippen MR) is 114 cm³/mol. The van der Waals surface area contributed by atoms with Crippen molar-refractivity contribution in [1.82, 2.24) is 24.4 Å². The minimum atomic E-state index is -4.63. The van der Waals surface area contributed by atoms with Crippen LogP contribution in [-0.4, -0.2) is 37.4 Å². The standard InChI is InChI=1S/C22H21F3N6O2/c1-33-18-10-16-13(12-31(29-16)14-5-3-2-4-6-14)9-17(18)27-21(32)15-11-26-30-8-7-19(22(23,24)25)28-20(15)30/h7-12,14H,2-6H2,1H3,(H,27,32). The van der Waals surface area contributed by atoms with Crippen molar-refractivity contribution >= 4 is 28.1 Å². The van der Waals surface area contributed by atoms with Crippen molar-refractivity contribution in [3.63, 3.8) is 0 Å². The number of fused-ring (bicyclic) bond motifs is 2. The van der Waals surface area contributed by atoms with Crippen LogP contribution in [0.2, 0.25) is 0 Å². The van der Waals surface area contributed by atoms with Crippen LogP contribution in [-0.2, 0) is 6.18 Å². The Kier molecular flexibility index (Phi) is 5.18. The number of amides is 1. The van der Waals surface area contributed by atoms with Crippen LogP contribution in [0.25, 0.3) is 16.6 Å². The number of alkyl halides is 3. The van der Waals surface area contributed by atoms with Crippen LogP contribution >= 0.6 is 0 Å². The summed E-state index contributed by atoms with van der Waals surface area (Å²) in [5, 5.41) is 12.2. The third-order valence-electron chi connectivity index (χ3n) is 5.94. The molecule has 11 heteroatoms. The van der Waals surface area contributed by atoms with Gasteiger partial charge in [-0.3, -0.25) is 9.48 Å². The fourth-order valence-electron chi connectivity index (χ4n) is 4.25. The minimum absolute atomic E-state index is 0.0823. The number of anilines is 1. The molecule has 1 aromatic carbocycles. The van der Waals surface area contributed by atoms with E-state index in [1.54, 1.807) is 12.1 Å². The molecule has 0 saturated heterocycles. The van der Waals surface area contributed by atoms with Crippen LogP contribution in [0.1, 0.15) is 54.2 Å². The van der Waals surface area contributed by atoms with E-state index in [-0.39, 0.29) is 11.2 Å². The first-order valence-electron chi connectivity index (χ1n) is 10.6. The normalized spacial score (nSPS) is 15.3. The molecule has 0 radical (unpaired) electrons. The molecule has 8 nitrogen and oxygen atoms in total. The number of carbonyl (C=O) groups excluding carboxylic acids is 1. The van der Waals surface area contributed by atoms with Crippen LogP contribution in [0.5, 0.6) is 5.75 Å². The number of halogens is 3. The Balaban J connectivity index is 1.47. The molecule has 0 unspecified atom stereocenters. The van der Waals surface area contributed by atoms with Gasteiger partial charge in [0.2, 0.25) is 0 Å². The molecule has 1 aliphatic rings. The maximum Gasteiger partial charge on any atom is 0.433 e. The van der Waals surface area contributed by atoms with Crippen LogP contribution in [0.4, 0.5) is 18.9 Å². The molecular formula is C22H21F3N6O2. The average molecular weight is 458 g/mol. The Bertz CT molecular complexity index is 1340. The van der Waals surface area contributed by atoms with Crippen molar-refractivity contribution in [2.75, 3.05) is 12.4 Å². The summed E-state index contributed by atoms with van der Waals surface area (Å²) in [7, 11) is 1.47. The summed E-state index contributed by atoms with van der Waals surface area (Å²) in [5.41, 5.74) is -0.250. The first-order chi connectivity index (χ1) is 15.8. The maximum absolute atomic E-state index is 13.1. The molecule has 0 bridgehead atoms. The molecule has 3 heterocycles. The highest BCUT2D eigenvalue weighted by Crippen LogP contribution is 2.34. The quantitative estimate of drug-likeness (QED) is 0.472. The molecule has 0 atom stereocenters. The molecule has 1 amide bonds. The lowest BCUT2D eigenvalue weighted by atomic mass is 9.96. The molecule has 3 aromatic heterocycles. The van der Waals surface area contributed by atoms with Crippen LogP contribution in [0.3, 0.4) is 0 Å². The van der Waals surface area contributed by atoms with Gasteiger partial charge in [-0.15, -0.1) is 0 Å². The SMILES string of the molecule is COc1cc2nn(C3CCCCC3)cc2cc1NC(=O)c1cnn2ccc(C(F)(F)F)nc12. The fourth-order valence-corrected chi connectivity index (χ4v) is 4.25. The van der Waals surface area contributed by atoms with Gasteiger partial charge in [0.15, 0.2) is 5.65 Å². The first-order valence-corrected chi connectivity index (χ1v) is 10.6. The molecule has 0 aliphatic heterocycles. The molecular weight excluding hydrogens is 437 g/mol. The van der Waals surface area contributed by atoms with E-state index in [0.717, 1.165) is 40.5 Å². The average Bonchev–Trinajstić information content (AvgIpc) is 3.42. The highest BCUT2D eigenvalue weighted by atomic mass is 19.4. The highest BCUT2D eigenvalue weighted by Gasteiger charge is 2.33. The molecule has 1 N–H and O–H groups in total. The van der Waals surface area contributed by atoms with Crippen molar-refractivity contribution in [2.24, 2.45) is 0 Å².